The van der Waals surface area contributed by atoms with Crippen LogP contribution in [-0.2, 0) is 0 Å². The first-order valence-corrected chi connectivity index (χ1v) is 7.83. The Morgan fingerprint density at radius 2 is 2.30 bits per heavy atom. The Morgan fingerprint density at radius 1 is 1.52 bits per heavy atom. The van der Waals surface area contributed by atoms with Gasteiger partial charge < -0.3 is 9.47 Å². The summed E-state index contributed by atoms with van der Waals surface area (Å²) < 4.78 is 10.7. The van der Waals surface area contributed by atoms with Crippen LogP contribution in [0, 0.1) is 30.6 Å². The number of rotatable bonds is 5. The predicted molar refractivity (Wildman–Crippen MR) is 92.7 cm³/mol. The van der Waals surface area contributed by atoms with Gasteiger partial charge in [-0.3, -0.25) is 0 Å². The van der Waals surface area contributed by atoms with Gasteiger partial charge in [-0.1, -0.05) is 17.5 Å². The first kappa shape index (κ1) is 16.9. The van der Waals surface area contributed by atoms with Crippen molar-refractivity contribution in [2.24, 2.45) is 0 Å². The molecule has 0 N–H and O–H groups in total. The van der Waals surface area contributed by atoms with Crippen LogP contribution in [0.25, 0.3) is 11.6 Å². The van der Waals surface area contributed by atoms with Crippen LogP contribution < -0.4 is 9.47 Å². The van der Waals surface area contributed by atoms with Gasteiger partial charge in [0.2, 0.25) is 0 Å². The van der Waals surface area contributed by atoms with Gasteiger partial charge >= 0.3 is 0 Å². The van der Waals surface area contributed by atoms with Gasteiger partial charge in [0.15, 0.2) is 11.5 Å². The molecule has 0 aliphatic heterocycles. The van der Waals surface area contributed by atoms with Crippen LogP contribution in [0.1, 0.15) is 16.3 Å². The van der Waals surface area contributed by atoms with Crippen LogP contribution in [0.3, 0.4) is 0 Å². The van der Waals surface area contributed by atoms with Gasteiger partial charge in [0, 0.05) is 11.1 Å². The Hall–Kier alpha value is -2.47. The molecular formula is C17H13ClN2O2S. The maximum absolute atomic E-state index is 9.35. The molecule has 1 aromatic heterocycles. The molecule has 0 bridgehead atoms. The Kier molecular flexibility index (Phi) is 5.65. The number of methoxy groups -OCH3 is 1. The molecule has 0 fully saturated rings. The molecule has 0 amide bonds. The topological polar surface area (TPSA) is 55.1 Å². The highest BCUT2D eigenvalue weighted by Gasteiger charge is 2.12. The van der Waals surface area contributed by atoms with Gasteiger partial charge in [-0.15, -0.1) is 17.8 Å². The average Bonchev–Trinajstić information content (AvgIpc) is 2.97. The van der Waals surface area contributed by atoms with Crippen molar-refractivity contribution in [3.05, 3.63) is 38.8 Å². The molecule has 0 unspecified atom stereocenters. The van der Waals surface area contributed by atoms with Crippen molar-refractivity contribution in [2.75, 3.05) is 13.7 Å². The fourth-order valence-electron chi connectivity index (χ4n) is 1.86. The van der Waals surface area contributed by atoms with Crippen molar-refractivity contribution in [2.45, 2.75) is 6.92 Å². The summed E-state index contributed by atoms with van der Waals surface area (Å²) in [6.45, 7) is 1.97. The number of terminal acetylenes is 1. The minimum Gasteiger partial charge on any atom is -0.493 e. The van der Waals surface area contributed by atoms with Crippen LogP contribution >= 0.6 is 22.9 Å². The first-order chi connectivity index (χ1) is 11.1. The average molecular weight is 345 g/mol. The van der Waals surface area contributed by atoms with E-state index in [4.69, 9.17) is 27.5 Å². The standard InChI is InChI=1S/C17H13ClN2O2S/c1-4-5-22-16-14(18)7-12(8-15(16)21-3)6-13(9-19)17-20-11(2)10-23-17/h1,6-8,10H,5H2,2-3H3. The minimum atomic E-state index is 0.0904. The molecular weight excluding hydrogens is 332 g/mol. The highest BCUT2D eigenvalue weighted by Crippen LogP contribution is 2.37. The summed E-state index contributed by atoms with van der Waals surface area (Å²) in [5, 5.41) is 12.3. The molecule has 4 nitrogen and oxygen atoms in total. The summed E-state index contributed by atoms with van der Waals surface area (Å²) in [5.74, 6) is 3.21. The van der Waals surface area contributed by atoms with Crippen molar-refractivity contribution in [1.29, 1.82) is 5.26 Å². The Bertz CT molecular complexity index is 828. The molecule has 6 heteroatoms. The fourth-order valence-corrected chi connectivity index (χ4v) is 2.90. The number of hydrogen-bond acceptors (Lipinski definition) is 5. The van der Waals surface area contributed by atoms with E-state index in [1.165, 1.54) is 18.4 Å². The third kappa shape index (κ3) is 4.04. The van der Waals surface area contributed by atoms with E-state index in [2.05, 4.69) is 17.0 Å². The lowest BCUT2D eigenvalue weighted by Gasteiger charge is -2.11. The van der Waals surface area contributed by atoms with E-state index in [0.29, 0.717) is 32.7 Å². The van der Waals surface area contributed by atoms with Crippen molar-refractivity contribution < 1.29 is 9.47 Å². The molecule has 23 heavy (non-hydrogen) atoms. The summed E-state index contributed by atoms with van der Waals surface area (Å²) in [5.41, 5.74) is 2.04. The number of allylic oxidation sites excluding steroid dienone is 1. The Balaban J connectivity index is 2.44. The maximum atomic E-state index is 9.35. The molecule has 0 spiro atoms. The maximum Gasteiger partial charge on any atom is 0.181 e. The summed E-state index contributed by atoms with van der Waals surface area (Å²) in [4.78, 5) is 4.32. The van der Waals surface area contributed by atoms with Gasteiger partial charge in [-0.05, 0) is 30.7 Å². The van der Waals surface area contributed by atoms with Crippen molar-refractivity contribution in [3.8, 4) is 29.9 Å². The number of thiazole rings is 1. The molecule has 0 saturated carbocycles. The predicted octanol–water partition coefficient (Wildman–Crippen LogP) is 4.19. The van der Waals surface area contributed by atoms with Crippen LogP contribution in [0.5, 0.6) is 11.5 Å². The molecule has 0 aliphatic carbocycles. The zero-order valence-corrected chi connectivity index (χ0v) is 14.2. The highest BCUT2D eigenvalue weighted by molar-refractivity contribution is 7.11. The normalized spacial score (nSPS) is 10.7. The van der Waals surface area contributed by atoms with E-state index in [-0.39, 0.29) is 6.61 Å². The summed E-state index contributed by atoms with van der Waals surface area (Å²) in [6.07, 6.45) is 6.89. The third-order valence-electron chi connectivity index (χ3n) is 2.83. The quantitative estimate of drug-likeness (QED) is 0.603. The third-order valence-corrected chi connectivity index (χ3v) is 4.11. The minimum absolute atomic E-state index is 0.0904. The molecule has 116 valence electrons. The van der Waals surface area contributed by atoms with Gasteiger partial charge in [0.25, 0.3) is 0 Å². The number of aryl methyl sites for hydroxylation is 1. The van der Waals surface area contributed by atoms with Crippen LogP contribution in [-0.4, -0.2) is 18.7 Å². The monoisotopic (exact) mass is 344 g/mol. The molecule has 2 rings (SSSR count). The second-order valence-corrected chi connectivity index (χ2v) is 5.76. The van der Waals surface area contributed by atoms with Crippen LogP contribution in [0.2, 0.25) is 5.02 Å². The first-order valence-electron chi connectivity index (χ1n) is 6.57. The van der Waals surface area contributed by atoms with Crippen LogP contribution in [0.4, 0.5) is 0 Å². The number of benzene rings is 1. The highest BCUT2D eigenvalue weighted by atomic mass is 35.5. The van der Waals surface area contributed by atoms with E-state index in [1.54, 1.807) is 18.2 Å². The van der Waals surface area contributed by atoms with Crippen molar-refractivity contribution >= 4 is 34.6 Å². The van der Waals surface area contributed by atoms with Crippen molar-refractivity contribution in [1.82, 2.24) is 4.98 Å². The van der Waals surface area contributed by atoms with Crippen LogP contribution in [0.15, 0.2) is 17.5 Å². The van der Waals surface area contributed by atoms with Gasteiger partial charge in [0.05, 0.1) is 17.7 Å². The lowest BCUT2D eigenvalue weighted by Crippen LogP contribution is -1.98. The zero-order chi connectivity index (χ0) is 16.8. The number of nitrogens with zero attached hydrogens (tertiary/aromatic N) is 2. The van der Waals surface area contributed by atoms with E-state index >= 15 is 0 Å². The Morgan fingerprint density at radius 3 is 2.87 bits per heavy atom. The largest absolute Gasteiger partial charge is 0.493 e. The lowest BCUT2D eigenvalue weighted by atomic mass is 10.1. The van der Waals surface area contributed by atoms with E-state index in [0.717, 1.165) is 5.69 Å². The van der Waals surface area contributed by atoms with Gasteiger partial charge in [-0.2, -0.15) is 5.26 Å². The molecule has 0 atom stereocenters. The van der Waals surface area contributed by atoms with Gasteiger partial charge in [-0.25, -0.2) is 4.98 Å². The second-order valence-electron chi connectivity index (χ2n) is 4.49. The fraction of sp³-hybridized carbons (Fsp3) is 0.176. The number of hydrogen-bond donors (Lipinski definition) is 0. The summed E-state index contributed by atoms with van der Waals surface area (Å²) >= 11 is 7.64. The van der Waals surface area contributed by atoms with Gasteiger partial charge in [0.1, 0.15) is 17.7 Å². The SMILES string of the molecule is C#CCOc1c(Cl)cc(C=C(C#N)c2nc(C)cs2)cc1OC. The Labute approximate surface area is 144 Å². The van der Waals surface area contributed by atoms with E-state index in [1.807, 2.05) is 12.3 Å². The molecule has 0 radical (unpaired) electrons. The van der Waals surface area contributed by atoms with E-state index in [9.17, 15) is 5.26 Å². The number of nitriles is 1. The molecule has 2 aromatic rings. The van der Waals surface area contributed by atoms with E-state index < -0.39 is 0 Å². The molecule has 1 aromatic carbocycles. The molecule has 0 aliphatic rings. The summed E-state index contributed by atoms with van der Waals surface area (Å²) in [7, 11) is 1.51. The molecule has 0 saturated heterocycles. The number of ether oxygens (including phenoxy) is 2. The summed E-state index contributed by atoms with van der Waals surface area (Å²) in [6, 6.07) is 5.57. The zero-order valence-electron chi connectivity index (χ0n) is 12.6. The number of aromatic nitrogens is 1. The lowest BCUT2D eigenvalue weighted by molar-refractivity contribution is 0.331. The second kappa shape index (κ2) is 7.69. The smallest absolute Gasteiger partial charge is 0.181 e. The molecule has 1 heterocycles. The van der Waals surface area contributed by atoms with Crippen molar-refractivity contribution in [3.63, 3.8) is 0 Å². The number of halogens is 1.